The summed E-state index contributed by atoms with van der Waals surface area (Å²) in [7, 11) is 1.26. The summed E-state index contributed by atoms with van der Waals surface area (Å²) >= 11 is 7.90. The van der Waals surface area contributed by atoms with E-state index in [1.165, 1.54) is 7.11 Å². The van der Waals surface area contributed by atoms with Gasteiger partial charge in [-0.15, -0.1) is 11.3 Å². The van der Waals surface area contributed by atoms with E-state index in [1.807, 2.05) is 44.2 Å². The molecule has 0 bridgehead atoms. The van der Waals surface area contributed by atoms with Gasteiger partial charge in [-0.25, -0.2) is 14.6 Å². The first-order valence-corrected chi connectivity index (χ1v) is 12.6. The lowest BCUT2D eigenvalue weighted by atomic mass is 9.93. The zero-order chi connectivity index (χ0) is 25.3. The number of halogens is 1. The zero-order valence-corrected chi connectivity index (χ0v) is 22.0. The van der Waals surface area contributed by atoms with E-state index < -0.39 is 11.6 Å². The first-order valence-electron chi connectivity index (χ1n) is 11.4. The molecule has 182 valence electrons. The summed E-state index contributed by atoms with van der Waals surface area (Å²) in [6.07, 6.45) is 0.296. The molecule has 6 nitrogen and oxygen atoms in total. The van der Waals surface area contributed by atoms with Crippen LogP contribution in [0.25, 0.3) is 22.1 Å². The molecule has 4 aromatic rings. The van der Waals surface area contributed by atoms with Gasteiger partial charge >= 0.3 is 11.6 Å². The van der Waals surface area contributed by atoms with Gasteiger partial charge in [0, 0.05) is 46.6 Å². The average Bonchev–Trinajstić information content (AvgIpc) is 3.15. The Morgan fingerprint density at radius 3 is 2.51 bits per heavy atom. The molecule has 0 fully saturated rings. The SMILES string of the molecule is CCN(CC)c1cc(-c2cccc(Cl)c2)c2c(Cc3nc(C)c(C)s3)c(C(=O)OC)c(=O)oc2c1. The Morgan fingerprint density at radius 2 is 1.91 bits per heavy atom. The Morgan fingerprint density at radius 1 is 1.17 bits per heavy atom. The summed E-state index contributed by atoms with van der Waals surface area (Å²) in [5.41, 5.74) is 3.63. The Balaban J connectivity index is 2.13. The number of rotatable bonds is 7. The van der Waals surface area contributed by atoms with E-state index >= 15 is 0 Å². The minimum atomic E-state index is -0.731. The fourth-order valence-corrected chi connectivity index (χ4v) is 5.43. The fraction of sp³-hybridized carbons (Fsp3) is 0.296. The van der Waals surface area contributed by atoms with Gasteiger partial charge in [0.1, 0.15) is 11.1 Å². The summed E-state index contributed by atoms with van der Waals surface area (Å²) in [6.45, 7) is 9.66. The molecule has 0 aliphatic rings. The van der Waals surface area contributed by atoms with E-state index in [2.05, 4.69) is 29.8 Å². The minimum Gasteiger partial charge on any atom is -0.465 e. The Kier molecular flexibility index (Phi) is 7.28. The minimum absolute atomic E-state index is 0.107. The number of esters is 1. The third-order valence-electron chi connectivity index (χ3n) is 6.15. The second kappa shape index (κ2) is 10.2. The number of methoxy groups -OCH3 is 1. The molecule has 4 rings (SSSR count). The number of ether oxygens (including phenoxy) is 1. The standard InChI is InChI=1S/C27H27ClN2O4S/c1-6-30(7-2)19-12-20(17-9-8-10-18(28)11-17)24-21(14-23-29-15(3)16(4)35-23)25(26(31)33-5)27(32)34-22(24)13-19/h8-13H,6-7,14H2,1-5H3. The second-order valence-electron chi connectivity index (χ2n) is 8.21. The number of hydrogen-bond acceptors (Lipinski definition) is 7. The van der Waals surface area contributed by atoms with Crippen LogP contribution in [0.3, 0.4) is 0 Å². The molecule has 0 N–H and O–H groups in total. The molecule has 0 saturated carbocycles. The van der Waals surface area contributed by atoms with Gasteiger partial charge in [0.05, 0.1) is 17.8 Å². The van der Waals surface area contributed by atoms with Crippen molar-refractivity contribution < 1.29 is 13.9 Å². The normalized spacial score (nSPS) is 11.1. The van der Waals surface area contributed by atoms with Crippen LogP contribution in [0.5, 0.6) is 0 Å². The lowest BCUT2D eigenvalue weighted by Crippen LogP contribution is -2.22. The van der Waals surface area contributed by atoms with Crippen molar-refractivity contribution in [3.05, 3.63) is 78.5 Å². The Labute approximate surface area is 213 Å². The van der Waals surface area contributed by atoms with Crippen molar-refractivity contribution in [2.75, 3.05) is 25.1 Å². The quantitative estimate of drug-likeness (QED) is 0.211. The van der Waals surface area contributed by atoms with Crippen LogP contribution in [-0.2, 0) is 11.2 Å². The molecule has 2 heterocycles. The first-order chi connectivity index (χ1) is 16.8. The number of benzene rings is 2. The molecule has 0 saturated heterocycles. The number of nitrogens with zero attached hydrogens (tertiary/aromatic N) is 2. The molecule has 0 aliphatic heterocycles. The third kappa shape index (κ3) is 4.83. The van der Waals surface area contributed by atoms with E-state index in [1.54, 1.807) is 11.3 Å². The molecular weight excluding hydrogens is 484 g/mol. The molecular formula is C27H27ClN2O4S. The van der Waals surface area contributed by atoms with E-state index in [0.29, 0.717) is 28.0 Å². The van der Waals surface area contributed by atoms with Gasteiger partial charge in [-0.3, -0.25) is 0 Å². The number of aryl methyl sites for hydroxylation is 2. The maximum Gasteiger partial charge on any atom is 0.351 e. The predicted molar refractivity (Wildman–Crippen MR) is 142 cm³/mol. The molecule has 0 atom stereocenters. The van der Waals surface area contributed by atoms with Crippen LogP contribution in [-0.4, -0.2) is 31.2 Å². The maximum atomic E-state index is 13.1. The molecule has 0 amide bonds. The molecule has 0 spiro atoms. The number of carbonyl (C=O) groups excluding carboxylic acids is 1. The number of anilines is 1. The topological polar surface area (TPSA) is 72.6 Å². The number of hydrogen-bond donors (Lipinski definition) is 0. The van der Waals surface area contributed by atoms with Crippen LogP contribution >= 0.6 is 22.9 Å². The van der Waals surface area contributed by atoms with Crippen LogP contribution in [0.4, 0.5) is 5.69 Å². The van der Waals surface area contributed by atoms with Gasteiger partial charge in [0.15, 0.2) is 0 Å². The van der Waals surface area contributed by atoms with E-state index in [-0.39, 0.29) is 5.56 Å². The van der Waals surface area contributed by atoms with E-state index in [0.717, 1.165) is 45.5 Å². The van der Waals surface area contributed by atoms with Crippen LogP contribution in [0.15, 0.2) is 45.6 Å². The maximum absolute atomic E-state index is 13.1. The number of fused-ring (bicyclic) bond motifs is 1. The van der Waals surface area contributed by atoms with E-state index in [4.69, 9.17) is 20.8 Å². The molecule has 0 radical (unpaired) electrons. The number of aromatic nitrogens is 1. The highest BCUT2D eigenvalue weighted by Crippen LogP contribution is 2.38. The van der Waals surface area contributed by atoms with Crippen molar-refractivity contribution in [3.8, 4) is 11.1 Å². The van der Waals surface area contributed by atoms with Crippen molar-refractivity contribution in [1.82, 2.24) is 4.98 Å². The van der Waals surface area contributed by atoms with Crippen molar-refractivity contribution >= 4 is 45.6 Å². The van der Waals surface area contributed by atoms with E-state index in [9.17, 15) is 9.59 Å². The third-order valence-corrected chi connectivity index (χ3v) is 7.46. The highest BCUT2D eigenvalue weighted by atomic mass is 35.5. The van der Waals surface area contributed by atoms with Crippen LogP contribution in [0.2, 0.25) is 5.02 Å². The summed E-state index contributed by atoms with van der Waals surface area (Å²) in [4.78, 5) is 33.8. The lowest BCUT2D eigenvalue weighted by Gasteiger charge is -2.23. The lowest BCUT2D eigenvalue weighted by molar-refractivity contribution is 0.0595. The Hall–Kier alpha value is -3.16. The summed E-state index contributed by atoms with van der Waals surface area (Å²) in [5.74, 6) is -0.731. The fourth-order valence-electron chi connectivity index (χ4n) is 4.30. The predicted octanol–water partition coefficient (Wildman–Crippen LogP) is 6.41. The summed E-state index contributed by atoms with van der Waals surface area (Å²) < 4.78 is 10.8. The van der Waals surface area contributed by atoms with Crippen LogP contribution in [0.1, 0.15) is 45.3 Å². The van der Waals surface area contributed by atoms with Crippen LogP contribution in [0, 0.1) is 13.8 Å². The van der Waals surface area contributed by atoms with Gasteiger partial charge in [0.2, 0.25) is 0 Å². The monoisotopic (exact) mass is 510 g/mol. The molecule has 0 unspecified atom stereocenters. The van der Waals surface area contributed by atoms with Crippen LogP contribution < -0.4 is 10.5 Å². The summed E-state index contributed by atoms with van der Waals surface area (Å²) in [6, 6.07) is 11.4. The smallest absolute Gasteiger partial charge is 0.351 e. The highest BCUT2D eigenvalue weighted by Gasteiger charge is 2.26. The van der Waals surface area contributed by atoms with Gasteiger partial charge in [-0.1, -0.05) is 23.7 Å². The van der Waals surface area contributed by atoms with Gasteiger partial charge < -0.3 is 14.1 Å². The van der Waals surface area contributed by atoms with Gasteiger partial charge in [-0.2, -0.15) is 0 Å². The van der Waals surface area contributed by atoms with Crippen molar-refractivity contribution in [1.29, 1.82) is 0 Å². The second-order valence-corrected chi connectivity index (χ2v) is 9.93. The summed E-state index contributed by atoms with van der Waals surface area (Å²) in [5, 5.41) is 2.07. The van der Waals surface area contributed by atoms with Gasteiger partial charge in [0.25, 0.3) is 0 Å². The molecule has 2 aromatic carbocycles. The Bertz CT molecular complexity index is 1450. The highest BCUT2D eigenvalue weighted by molar-refractivity contribution is 7.11. The van der Waals surface area contributed by atoms with Crippen molar-refractivity contribution in [3.63, 3.8) is 0 Å². The first kappa shape index (κ1) is 24.9. The van der Waals surface area contributed by atoms with Crippen molar-refractivity contribution in [2.45, 2.75) is 34.1 Å². The average molecular weight is 511 g/mol. The number of carbonyl (C=O) groups is 1. The molecule has 35 heavy (non-hydrogen) atoms. The zero-order valence-electron chi connectivity index (χ0n) is 20.4. The van der Waals surface area contributed by atoms with Gasteiger partial charge in [-0.05, 0) is 62.6 Å². The van der Waals surface area contributed by atoms with Crippen molar-refractivity contribution in [2.24, 2.45) is 0 Å². The number of thiazole rings is 1. The molecule has 2 aromatic heterocycles. The molecule has 8 heteroatoms. The largest absolute Gasteiger partial charge is 0.465 e. The molecule has 0 aliphatic carbocycles.